The van der Waals surface area contributed by atoms with Crippen molar-refractivity contribution >= 4 is 32.0 Å². The first kappa shape index (κ1) is 10.4. The van der Waals surface area contributed by atoms with Crippen molar-refractivity contribution in [1.29, 1.82) is 0 Å². The third-order valence-electron chi connectivity index (χ3n) is 1.47. The smallest absolute Gasteiger partial charge is 0.225 e. The first-order chi connectivity index (χ1) is 6.05. The molecular weight excluding hydrogens is 254 g/mol. The molecule has 0 saturated heterocycles. The normalized spacial score (nSPS) is 12.2. The molecule has 0 radical (unpaired) electrons. The fraction of sp³-hybridized carbons (Fsp3) is 0. The highest BCUT2D eigenvalue weighted by atomic mass is 79.9. The highest BCUT2D eigenvalue weighted by Gasteiger charge is 2.10. The molecule has 5 heteroatoms. The van der Waals surface area contributed by atoms with Crippen LogP contribution in [-0.2, 0) is 10.0 Å². The second-order valence-electron chi connectivity index (χ2n) is 2.38. The van der Waals surface area contributed by atoms with Crippen molar-refractivity contribution in [3.63, 3.8) is 0 Å². The van der Waals surface area contributed by atoms with Gasteiger partial charge in [-0.3, -0.25) is 0 Å². The molecule has 0 fully saturated rings. The van der Waals surface area contributed by atoms with Crippen molar-refractivity contribution in [3.05, 3.63) is 34.8 Å². The van der Waals surface area contributed by atoms with Gasteiger partial charge in [0.25, 0.3) is 0 Å². The van der Waals surface area contributed by atoms with E-state index in [-0.39, 0.29) is 4.90 Å². The van der Waals surface area contributed by atoms with Crippen LogP contribution in [0.5, 0.6) is 0 Å². The van der Waals surface area contributed by atoms with Crippen LogP contribution < -0.4 is 5.14 Å². The molecule has 0 aliphatic heterocycles. The Balaban J connectivity index is 3.37. The predicted octanol–water partition coefficient (Wildman–Crippen LogP) is 1.70. The Hall–Kier alpha value is -0.650. The Labute approximate surface area is 85.4 Å². The van der Waals surface area contributed by atoms with Gasteiger partial charge in [0.2, 0.25) is 10.0 Å². The molecule has 0 amide bonds. The van der Waals surface area contributed by atoms with Gasteiger partial charge in [-0.2, -0.15) is 0 Å². The molecule has 0 bridgehead atoms. The summed E-state index contributed by atoms with van der Waals surface area (Å²) in [6.07, 6.45) is 1.62. The minimum atomic E-state index is -3.63. The van der Waals surface area contributed by atoms with E-state index in [1.54, 1.807) is 29.3 Å². The maximum absolute atomic E-state index is 11.1. The summed E-state index contributed by atoms with van der Waals surface area (Å²) in [7, 11) is -3.63. The number of halogens is 1. The van der Waals surface area contributed by atoms with Crippen molar-refractivity contribution < 1.29 is 8.42 Å². The number of hydrogen-bond acceptors (Lipinski definition) is 2. The summed E-state index contributed by atoms with van der Waals surface area (Å²) in [6, 6.07) is 6.53. The molecule has 0 unspecified atom stereocenters. The third kappa shape index (κ3) is 2.65. The second kappa shape index (κ2) is 4.04. The fourth-order valence-corrected chi connectivity index (χ4v) is 1.96. The zero-order chi connectivity index (χ0) is 9.90. The van der Waals surface area contributed by atoms with E-state index in [0.29, 0.717) is 5.56 Å². The quantitative estimate of drug-likeness (QED) is 0.881. The van der Waals surface area contributed by atoms with Gasteiger partial charge in [-0.25, -0.2) is 13.6 Å². The number of rotatable bonds is 2. The van der Waals surface area contributed by atoms with E-state index < -0.39 is 10.0 Å². The van der Waals surface area contributed by atoms with Crippen LogP contribution in [0.15, 0.2) is 34.1 Å². The van der Waals surface area contributed by atoms with Gasteiger partial charge in [-0.15, -0.1) is 0 Å². The van der Waals surface area contributed by atoms with Gasteiger partial charge in [0.05, 0.1) is 4.90 Å². The molecule has 0 atom stereocenters. The summed E-state index contributed by atoms with van der Waals surface area (Å²) in [5.74, 6) is 0. The Bertz CT molecular complexity index is 426. The van der Waals surface area contributed by atoms with Crippen molar-refractivity contribution in [2.75, 3.05) is 0 Å². The topological polar surface area (TPSA) is 60.2 Å². The first-order valence-electron chi connectivity index (χ1n) is 3.44. The molecule has 0 heterocycles. The standard InChI is InChI=1S/C8H8BrNO2S/c9-6-5-7-3-1-2-4-8(7)13(10,11)12/h1-6H,(H2,10,11,12)/b6-5+. The van der Waals surface area contributed by atoms with Crippen LogP contribution in [0.2, 0.25) is 0 Å². The SMILES string of the molecule is NS(=O)(=O)c1ccccc1/C=C/Br. The van der Waals surface area contributed by atoms with Gasteiger partial charge in [0.1, 0.15) is 0 Å². The Morgan fingerprint density at radius 3 is 2.46 bits per heavy atom. The summed E-state index contributed by atoms with van der Waals surface area (Å²) >= 11 is 3.07. The maximum Gasteiger partial charge on any atom is 0.238 e. The molecule has 0 spiro atoms. The molecule has 70 valence electrons. The fourth-order valence-electron chi connectivity index (χ4n) is 0.945. The van der Waals surface area contributed by atoms with Crippen LogP contribution in [0.1, 0.15) is 5.56 Å². The highest BCUT2D eigenvalue weighted by Crippen LogP contribution is 2.15. The molecule has 0 aliphatic rings. The zero-order valence-electron chi connectivity index (χ0n) is 6.64. The van der Waals surface area contributed by atoms with E-state index in [4.69, 9.17) is 5.14 Å². The highest BCUT2D eigenvalue weighted by molar-refractivity contribution is 9.11. The van der Waals surface area contributed by atoms with Crippen molar-refractivity contribution in [2.24, 2.45) is 5.14 Å². The van der Waals surface area contributed by atoms with Crippen LogP contribution in [0, 0.1) is 0 Å². The first-order valence-corrected chi connectivity index (χ1v) is 5.90. The number of benzene rings is 1. The van der Waals surface area contributed by atoms with Crippen LogP contribution in [0.25, 0.3) is 6.08 Å². The monoisotopic (exact) mass is 261 g/mol. The van der Waals surface area contributed by atoms with Gasteiger partial charge >= 0.3 is 0 Å². The third-order valence-corrected chi connectivity index (χ3v) is 2.72. The summed E-state index contributed by atoms with van der Waals surface area (Å²) in [6.45, 7) is 0. The van der Waals surface area contributed by atoms with Crippen LogP contribution in [0.3, 0.4) is 0 Å². The Morgan fingerprint density at radius 1 is 1.31 bits per heavy atom. The number of sulfonamides is 1. The van der Waals surface area contributed by atoms with E-state index >= 15 is 0 Å². The minimum absolute atomic E-state index is 0.130. The molecule has 1 aromatic rings. The lowest BCUT2D eigenvalue weighted by molar-refractivity contribution is 0.597. The van der Waals surface area contributed by atoms with Gasteiger partial charge in [0.15, 0.2) is 0 Å². The molecule has 0 aromatic heterocycles. The second-order valence-corrected chi connectivity index (χ2v) is 4.43. The summed E-state index contributed by atoms with van der Waals surface area (Å²) < 4.78 is 22.1. The largest absolute Gasteiger partial charge is 0.238 e. The lowest BCUT2D eigenvalue weighted by Crippen LogP contribution is -2.13. The number of primary sulfonamides is 1. The average molecular weight is 262 g/mol. The van der Waals surface area contributed by atoms with E-state index in [0.717, 1.165) is 0 Å². The molecular formula is C8H8BrNO2S. The van der Waals surface area contributed by atoms with E-state index in [9.17, 15) is 8.42 Å². The van der Waals surface area contributed by atoms with Gasteiger partial charge in [0, 0.05) is 0 Å². The van der Waals surface area contributed by atoms with Gasteiger partial charge in [-0.1, -0.05) is 34.1 Å². The maximum atomic E-state index is 11.1. The van der Waals surface area contributed by atoms with Crippen molar-refractivity contribution in [2.45, 2.75) is 4.90 Å². The predicted molar refractivity (Wildman–Crippen MR) is 55.8 cm³/mol. The Kier molecular flexibility index (Phi) is 3.24. The zero-order valence-corrected chi connectivity index (χ0v) is 9.05. The number of hydrogen-bond donors (Lipinski definition) is 1. The summed E-state index contributed by atoms with van der Waals surface area (Å²) in [5, 5.41) is 5.01. The Morgan fingerprint density at radius 2 is 1.92 bits per heavy atom. The molecule has 2 N–H and O–H groups in total. The molecule has 1 rings (SSSR count). The van der Waals surface area contributed by atoms with E-state index in [2.05, 4.69) is 15.9 Å². The van der Waals surface area contributed by atoms with E-state index in [1.807, 2.05) is 0 Å². The lowest BCUT2D eigenvalue weighted by Gasteiger charge is -2.01. The molecule has 1 aromatic carbocycles. The molecule has 0 aliphatic carbocycles. The van der Waals surface area contributed by atoms with Crippen LogP contribution in [-0.4, -0.2) is 8.42 Å². The van der Waals surface area contributed by atoms with Gasteiger partial charge < -0.3 is 0 Å². The number of nitrogens with two attached hydrogens (primary N) is 1. The van der Waals surface area contributed by atoms with Crippen LogP contribution in [0.4, 0.5) is 0 Å². The molecule has 0 saturated carbocycles. The summed E-state index contributed by atoms with van der Waals surface area (Å²) in [4.78, 5) is 1.71. The molecule has 13 heavy (non-hydrogen) atoms. The van der Waals surface area contributed by atoms with E-state index in [1.165, 1.54) is 6.07 Å². The molecule has 3 nitrogen and oxygen atoms in total. The van der Waals surface area contributed by atoms with Crippen LogP contribution >= 0.6 is 15.9 Å². The lowest BCUT2D eigenvalue weighted by atomic mass is 10.2. The van der Waals surface area contributed by atoms with Gasteiger partial charge in [-0.05, 0) is 22.7 Å². The summed E-state index contributed by atoms with van der Waals surface area (Å²) in [5.41, 5.74) is 0.571. The minimum Gasteiger partial charge on any atom is -0.225 e. The van der Waals surface area contributed by atoms with Crippen molar-refractivity contribution in [3.8, 4) is 0 Å². The average Bonchev–Trinajstić information content (AvgIpc) is 2.04. The van der Waals surface area contributed by atoms with Crippen molar-refractivity contribution in [1.82, 2.24) is 0 Å².